The molecular formula is C10H24Ge2. The molecule has 0 saturated carbocycles. The molecule has 0 radical (unpaired) electrons. The van der Waals surface area contributed by atoms with Gasteiger partial charge in [-0.05, 0) is 0 Å². The van der Waals surface area contributed by atoms with Crippen LogP contribution in [0.15, 0.2) is 12.2 Å². The third-order valence-corrected chi connectivity index (χ3v) is 7.76. The summed E-state index contributed by atoms with van der Waals surface area (Å²) in [6, 6.07) is 0. The topological polar surface area (TPSA) is 0 Å². The first-order chi connectivity index (χ1) is 5.21. The molecule has 0 aliphatic rings. The second kappa shape index (κ2) is 4.90. The van der Waals surface area contributed by atoms with Crippen LogP contribution in [-0.2, 0) is 0 Å². The summed E-state index contributed by atoms with van der Waals surface area (Å²) < 4.78 is 0. The van der Waals surface area contributed by atoms with Gasteiger partial charge in [-0.25, -0.2) is 0 Å². The Labute approximate surface area is 83.5 Å². The van der Waals surface area contributed by atoms with E-state index in [4.69, 9.17) is 0 Å². The van der Waals surface area contributed by atoms with Gasteiger partial charge in [-0.15, -0.1) is 0 Å². The van der Waals surface area contributed by atoms with Crippen LogP contribution in [0.25, 0.3) is 0 Å². The van der Waals surface area contributed by atoms with E-state index in [1.165, 1.54) is 10.5 Å². The minimum atomic E-state index is -1.27. The van der Waals surface area contributed by atoms with Crippen molar-refractivity contribution < 1.29 is 0 Å². The van der Waals surface area contributed by atoms with Crippen LogP contribution < -0.4 is 0 Å². The van der Waals surface area contributed by atoms with Crippen LogP contribution in [0.5, 0.6) is 0 Å². The van der Waals surface area contributed by atoms with Gasteiger partial charge in [-0.3, -0.25) is 0 Å². The number of allylic oxidation sites excluding steroid dienone is 2. The molecule has 0 unspecified atom stereocenters. The van der Waals surface area contributed by atoms with Crippen molar-refractivity contribution >= 4 is 26.5 Å². The van der Waals surface area contributed by atoms with E-state index in [0.717, 1.165) is 0 Å². The molecule has 0 fully saturated rings. The molecule has 0 atom stereocenters. The quantitative estimate of drug-likeness (QED) is 0.537. The van der Waals surface area contributed by atoms with Crippen molar-refractivity contribution in [1.82, 2.24) is 0 Å². The fourth-order valence-corrected chi connectivity index (χ4v) is 4.54. The van der Waals surface area contributed by atoms with Crippen LogP contribution in [0, 0.1) is 0 Å². The maximum absolute atomic E-state index is 2.48. The third-order valence-electron chi connectivity index (χ3n) is 1.63. The fourth-order valence-electron chi connectivity index (χ4n) is 0.874. The summed E-state index contributed by atoms with van der Waals surface area (Å²) in [5.74, 6) is 14.9. The molecule has 0 aliphatic carbocycles. The number of rotatable bonds is 4. The predicted octanol–water partition coefficient (Wildman–Crippen LogP) is 4.22. The van der Waals surface area contributed by atoms with Crippen LogP contribution in [0.3, 0.4) is 0 Å². The van der Waals surface area contributed by atoms with E-state index in [-0.39, 0.29) is 0 Å². The molecule has 12 heavy (non-hydrogen) atoms. The Morgan fingerprint density at radius 3 is 1.08 bits per heavy atom. The Hall–Kier alpha value is 0.826. The first-order valence-corrected chi connectivity index (χ1v) is 20.4. The Bertz CT molecular complexity index is 128. The van der Waals surface area contributed by atoms with Gasteiger partial charge in [0.05, 0.1) is 0 Å². The second-order valence-corrected chi connectivity index (χ2v) is 29.2. The average Bonchev–Trinajstić information content (AvgIpc) is 1.76. The van der Waals surface area contributed by atoms with Crippen LogP contribution >= 0.6 is 0 Å². The molecule has 0 amide bonds. The normalized spacial score (nSPS) is 14.2. The molecule has 0 saturated heterocycles. The molecule has 72 valence electrons. The number of hydrogen-bond acceptors (Lipinski definition) is 0. The predicted molar refractivity (Wildman–Crippen MR) is 65.4 cm³/mol. The van der Waals surface area contributed by atoms with Gasteiger partial charge in [0, 0.05) is 0 Å². The fraction of sp³-hybridized carbons (Fsp3) is 0.800. The van der Waals surface area contributed by atoms with Crippen molar-refractivity contribution in [2.75, 3.05) is 0 Å². The molecular weight excluding hydrogens is 265 g/mol. The van der Waals surface area contributed by atoms with Crippen molar-refractivity contribution in [1.29, 1.82) is 0 Å². The Morgan fingerprint density at radius 2 is 0.917 bits per heavy atom. The van der Waals surface area contributed by atoms with Crippen molar-refractivity contribution in [3.05, 3.63) is 12.2 Å². The molecule has 0 rings (SSSR count). The summed E-state index contributed by atoms with van der Waals surface area (Å²) in [6.45, 7) is 0. The van der Waals surface area contributed by atoms with Gasteiger partial charge < -0.3 is 0 Å². The first-order valence-electron chi connectivity index (χ1n) is 4.86. The van der Waals surface area contributed by atoms with Crippen LogP contribution in [0.2, 0.25) is 45.0 Å². The van der Waals surface area contributed by atoms with Crippen molar-refractivity contribution in [3.8, 4) is 0 Å². The molecule has 0 aromatic heterocycles. The third kappa shape index (κ3) is 10.8. The zero-order valence-electron chi connectivity index (χ0n) is 9.57. The van der Waals surface area contributed by atoms with Crippen molar-refractivity contribution in [3.63, 3.8) is 0 Å². The average molecular weight is 290 g/mol. The molecule has 0 bridgehead atoms. The molecule has 0 heterocycles. The molecule has 0 aliphatic heterocycles. The van der Waals surface area contributed by atoms with E-state index in [0.29, 0.717) is 0 Å². The Morgan fingerprint density at radius 1 is 0.667 bits per heavy atom. The molecule has 2 heteroatoms. The van der Waals surface area contributed by atoms with Gasteiger partial charge in [0.2, 0.25) is 0 Å². The standard InChI is InChI=1S/C10H24Ge2/c1-11(2,3)9-7-8-10-12(4,5)6/h7-8H,9-10H2,1-6H3. The monoisotopic (exact) mass is 292 g/mol. The molecule has 0 N–H and O–H groups in total. The van der Waals surface area contributed by atoms with Gasteiger partial charge in [-0.1, -0.05) is 0 Å². The summed E-state index contributed by atoms with van der Waals surface area (Å²) in [5, 5.41) is 2.80. The summed E-state index contributed by atoms with van der Waals surface area (Å²) in [4.78, 5) is 0. The maximum atomic E-state index is 2.48. The Kier molecular flexibility index (Phi) is 5.23. The summed E-state index contributed by atoms with van der Waals surface area (Å²) in [7, 11) is 0. The zero-order chi connectivity index (χ0) is 9.83. The van der Waals surface area contributed by atoms with Crippen LogP contribution in [0.1, 0.15) is 0 Å². The van der Waals surface area contributed by atoms with E-state index >= 15 is 0 Å². The van der Waals surface area contributed by atoms with Crippen molar-refractivity contribution in [2.24, 2.45) is 0 Å². The second-order valence-electron chi connectivity index (χ2n) is 6.00. The summed E-state index contributed by atoms with van der Waals surface area (Å²) in [5.41, 5.74) is 0. The van der Waals surface area contributed by atoms with Gasteiger partial charge in [0.25, 0.3) is 0 Å². The molecule has 0 nitrogen and oxygen atoms in total. The van der Waals surface area contributed by atoms with Crippen molar-refractivity contribution in [2.45, 2.75) is 45.0 Å². The van der Waals surface area contributed by atoms with E-state index in [1.54, 1.807) is 0 Å². The van der Waals surface area contributed by atoms with E-state index in [2.05, 4.69) is 46.7 Å². The number of hydrogen-bond donors (Lipinski definition) is 0. The van der Waals surface area contributed by atoms with E-state index < -0.39 is 26.5 Å². The van der Waals surface area contributed by atoms with Gasteiger partial charge in [-0.2, -0.15) is 0 Å². The molecule has 0 aromatic carbocycles. The van der Waals surface area contributed by atoms with Gasteiger partial charge >= 0.3 is 83.7 Å². The van der Waals surface area contributed by atoms with Gasteiger partial charge in [0.15, 0.2) is 0 Å². The van der Waals surface area contributed by atoms with E-state index in [9.17, 15) is 0 Å². The first kappa shape index (κ1) is 12.8. The SMILES string of the molecule is [CH3][Ge]([CH3])([CH3])[CH2]C=C[CH2][Ge]([CH3])([CH3])[CH3]. The molecule has 0 aromatic rings. The Balaban J connectivity index is 3.66. The zero-order valence-corrected chi connectivity index (χ0v) is 13.8. The van der Waals surface area contributed by atoms with Crippen LogP contribution in [-0.4, -0.2) is 26.5 Å². The van der Waals surface area contributed by atoms with Gasteiger partial charge in [0.1, 0.15) is 0 Å². The van der Waals surface area contributed by atoms with E-state index in [1.807, 2.05) is 0 Å². The van der Waals surface area contributed by atoms with Crippen LogP contribution in [0.4, 0.5) is 0 Å². The molecule has 0 spiro atoms. The minimum absolute atomic E-state index is 1.27. The summed E-state index contributed by atoms with van der Waals surface area (Å²) >= 11 is -2.53. The summed E-state index contributed by atoms with van der Waals surface area (Å²) in [6.07, 6.45) is 4.88.